The van der Waals surface area contributed by atoms with E-state index in [1.54, 1.807) is 0 Å². The van der Waals surface area contributed by atoms with Crippen molar-refractivity contribution < 1.29 is 23.4 Å². The molecule has 3 N–H and O–H groups in total. The molecule has 104 valence electrons. The first-order valence-electron chi connectivity index (χ1n) is 6.06. The lowest BCUT2D eigenvalue weighted by Gasteiger charge is -2.16. The molecule has 6 heteroatoms. The number of hydrogen-bond acceptors (Lipinski definition) is 3. The zero-order valence-electron chi connectivity index (χ0n) is 10.2. The summed E-state index contributed by atoms with van der Waals surface area (Å²) in [7, 11) is 0. The second-order valence-corrected chi connectivity index (χ2v) is 4.76. The molecule has 1 fully saturated rings. The van der Waals surface area contributed by atoms with Gasteiger partial charge in [-0.25, -0.2) is 8.78 Å². The smallest absolute Gasteiger partial charge is 0.305 e. The first-order chi connectivity index (χ1) is 8.97. The number of benzene rings is 1. The van der Waals surface area contributed by atoms with Crippen LogP contribution in [0.2, 0.25) is 0 Å². The van der Waals surface area contributed by atoms with Crippen molar-refractivity contribution in [1.82, 2.24) is 0 Å². The summed E-state index contributed by atoms with van der Waals surface area (Å²) in [5, 5.41) is 8.69. The van der Waals surface area contributed by atoms with Gasteiger partial charge in [-0.05, 0) is 24.8 Å². The van der Waals surface area contributed by atoms with Gasteiger partial charge in [0.25, 0.3) is 0 Å². The van der Waals surface area contributed by atoms with Crippen molar-refractivity contribution in [2.45, 2.75) is 25.3 Å². The fourth-order valence-electron chi connectivity index (χ4n) is 1.79. The van der Waals surface area contributed by atoms with Crippen LogP contribution in [0.3, 0.4) is 0 Å². The molecule has 0 amide bonds. The number of ether oxygens (including phenoxy) is 1. The van der Waals surface area contributed by atoms with Gasteiger partial charge < -0.3 is 15.6 Å². The van der Waals surface area contributed by atoms with Crippen molar-refractivity contribution in [3.63, 3.8) is 0 Å². The van der Waals surface area contributed by atoms with E-state index in [1.807, 2.05) is 0 Å². The highest BCUT2D eigenvalue weighted by Crippen LogP contribution is 2.34. The van der Waals surface area contributed by atoms with Crippen molar-refractivity contribution in [2.75, 3.05) is 6.61 Å². The molecular weight excluding hydrogens is 256 g/mol. The maximum absolute atomic E-state index is 13.7. The van der Waals surface area contributed by atoms with Crippen molar-refractivity contribution in [3.05, 3.63) is 29.3 Å². The maximum atomic E-state index is 13.7. The van der Waals surface area contributed by atoms with Crippen LogP contribution >= 0.6 is 0 Å². The highest BCUT2D eigenvalue weighted by atomic mass is 19.1. The van der Waals surface area contributed by atoms with Crippen LogP contribution in [0.15, 0.2) is 12.1 Å². The number of rotatable bonds is 6. The second kappa shape index (κ2) is 5.52. The Bertz CT molecular complexity index is 489. The highest BCUT2D eigenvalue weighted by molar-refractivity contribution is 5.68. The summed E-state index contributed by atoms with van der Waals surface area (Å²) < 4.78 is 32.3. The van der Waals surface area contributed by atoms with Crippen LogP contribution in [0.25, 0.3) is 0 Å². The third-order valence-electron chi connectivity index (χ3n) is 2.99. The molecule has 19 heavy (non-hydrogen) atoms. The predicted octanol–water partition coefficient (Wildman–Crippen LogP) is 2.23. The lowest BCUT2D eigenvalue weighted by Crippen LogP contribution is -2.17. The summed E-state index contributed by atoms with van der Waals surface area (Å²) in [5.74, 6) is -2.52. The van der Waals surface area contributed by atoms with Gasteiger partial charge in [0.15, 0.2) is 11.6 Å². The molecule has 0 heterocycles. The average Bonchev–Trinajstić information content (AvgIpc) is 3.09. The van der Waals surface area contributed by atoms with Gasteiger partial charge in [0.1, 0.15) is 5.82 Å². The molecule has 0 aromatic heterocycles. The number of carboxylic acids is 1. The van der Waals surface area contributed by atoms with E-state index in [1.165, 1.54) is 0 Å². The predicted molar refractivity (Wildman–Crippen MR) is 63.8 cm³/mol. The molecule has 0 bridgehead atoms. The molecule has 1 aliphatic carbocycles. The summed E-state index contributed by atoms with van der Waals surface area (Å²) in [6, 6.07) is 0.731. The van der Waals surface area contributed by atoms with Gasteiger partial charge >= 0.3 is 5.97 Å². The monoisotopic (exact) mass is 271 g/mol. The molecular formula is C13H15F2NO3. The third-order valence-corrected chi connectivity index (χ3v) is 2.99. The van der Waals surface area contributed by atoms with Crippen molar-refractivity contribution in [1.29, 1.82) is 0 Å². The quantitative estimate of drug-likeness (QED) is 0.832. The number of aliphatic carboxylic acids is 1. The van der Waals surface area contributed by atoms with Gasteiger partial charge in [-0.3, -0.25) is 4.79 Å². The number of carboxylic acid groups (broad SMARTS) is 1. The normalized spacial score (nSPS) is 16.2. The van der Waals surface area contributed by atoms with E-state index in [4.69, 9.17) is 15.6 Å². The van der Waals surface area contributed by atoms with E-state index in [-0.39, 0.29) is 11.3 Å². The molecule has 1 unspecified atom stereocenters. The minimum Gasteiger partial charge on any atom is -0.490 e. The van der Waals surface area contributed by atoms with Crippen molar-refractivity contribution >= 4 is 5.97 Å². The van der Waals surface area contributed by atoms with E-state index < -0.39 is 30.1 Å². The summed E-state index contributed by atoms with van der Waals surface area (Å²) in [6.07, 6.45) is 1.64. The molecule has 4 nitrogen and oxygen atoms in total. The van der Waals surface area contributed by atoms with Crippen LogP contribution < -0.4 is 10.5 Å². The molecule has 0 spiro atoms. The lowest BCUT2D eigenvalue weighted by atomic mass is 10.0. The average molecular weight is 271 g/mol. The minimum atomic E-state index is -1.13. The Morgan fingerprint density at radius 2 is 2.16 bits per heavy atom. The van der Waals surface area contributed by atoms with Crippen LogP contribution in [0.5, 0.6) is 5.75 Å². The van der Waals surface area contributed by atoms with Gasteiger partial charge in [0, 0.05) is 17.7 Å². The van der Waals surface area contributed by atoms with Gasteiger partial charge in [-0.2, -0.15) is 0 Å². The topological polar surface area (TPSA) is 72.6 Å². The number of hydrogen-bond donors (Lipinski definition) is 2. The zero-order valence-corrected chi connectivity index (χ0v) is 10.2. The van der Waals surface area contributed by atoms with E-state index in [9.17, 15) is 13.6 Å². The first kappa shape index (κ1) is 13.7. The standard InChI is InChI=1S/C13H15F2NO3/c14-8-3-9(11(16)5-12(17)18)13(10(15)4-8)19-6-7-1-2-7/h3-4,7,11H,1-2,5-6,16H2,(H,17,18). The van der Waals surface area contributed by atoms with Gasteiger partial charge in [-0.15, -0.1) is 0 Å². The Balaban J connectivity index is 2.23. The maximum Gasteiger partial charge on any atom is 0.305 e. The molecule has 1 aromatic carbocycles. The molecule has 0 radical (unpaired) electrons. The Morgan fingerprint density at radius 3 is 2.74 bits per heavy atom. The van der Waals surface area contributed by atoms with Crippen molar-refractivity contribution in [2.24, 2.45) is 11.7 Å². The van der Waals surface area contributed by atoms with Crippen LogP contribution in [0, 0.1) is 17.6 Å². The largest absolute Gasteiger partial charge is 0.490 e. The fourth-order valence-corrected chi connectivity index (χ4v) is 1.79. The lowest BCUT2D eigenvalue weighted by molar-refractivity contribution is -0.137. The molecule has 0 aliphatic heterocycles. The SMILES string of the molecule is NC(CC(=O)O)c1cc(F)cc(F)c1OCC1CC1. The summed E-state index contributed by atoms with van der Waals surface area (Å²) >= 11 is 0. The van der Waals surface area contributed by atoms with Gasteiger partial charge in [0.2, 0.25) is 0 Å². The van der Waals surface area contributed by atoms with Gasteiger partial charge in [-0.1, -0.05) is 0 Å². The molecule has 1 aromatic rings. The number of carbonyl (C=O) groups is 1. The van der Waals surface area contributed by atoms with Crippen LogP contribution in [0.1, 0.15) is 30.9 Å². The Morgan fingerprint density at radius 1 is 1.47 bits per heavy atom. The Labute approximate surface area is 109 Å². The second-order valence-electron chi connectivity index (χ2n) is 4.76. The molecule has 1 aliphatic rings. The van der Waals surface area contributed by atoms with Crippen molar-refractivity contribution in [3.8, 4) is 5.75 Å². The zero-order chi connectivity index (χ0) is 14.0. The van der Waals surface area contributed by atoms with E-state index in [2.05, 4.69) is 0 Å². The third kappa shape index (κ3) is 3.64. The van der Waals surface area contributed by atoms with Crippen LogP contribution in [0.4, 0.5) is 8.78 Å². The van der Waals surface area contributed by atoms with Gasteiger partial charge in [0.05, 0.1) is 13.0 Å². The fraction of sp³-hybridized carbons (Fsp3) is 0.462. The molecule has 1 saturated carbocycles. The summed E-state index contributed by atoms with van der Waals surface area (Å²) in [6.45, 7) is 0.343. The summed E-state index contributed by atoms with van der Waals surface area (Å²) in [5.41, 5.74) is 5.72. The summed E-state index contributed by atoms with van der Waals surface area (Å²) in [4.78, 5) is 10.6. The first-order valence-corrected chi connectivity index (χ1v) is 6.06. The highest BCUT2D eigenvalue weighted by Gasteiger charge is 2.25. The van der Waals surface area contributed by atoms with E-state index >= 15 is 0 Å². The van der Waals surface area contributed by atoms with E-state index in [0.717, 1.165) is 18.9 Å². The number of nitrogens with two attached hydrogens (primary N) is 1. The van der Waals surface area contributed by atoms with Crippen LogP contribution in [-0.2, 0) is 4.79 Å². The Kier molecular flexibility index (Phi) is 3.99. The number of halogens is 2. The molecule has 2 rings (SSSR count). The molecule has 1 atom stereocenters. The Hall–Kier alpha value is -1.69. The minimum absolute atomic E-state index is 0.0561. The molecule has 0 saturated heterocycles. The van der Waals surface area contributed by atoms with E-state index in [0.29, 0.717) is 18.6 Å². The van der Waals surface area contributed by atoms with Crippen LogP contribution in [-0.4, -0.2) is 17.7 Å².